The highest BCUT2D eigenvalue weighted by Gasteiger charge is 2.18. The summed E-state index contributed by atoms with van der Waals surface area (Å²) in [6, 6.07) is 7.90. The van der Waals surface area contributed by atoms with Crippen molar-refractivity contribution in [1.29, 1.82) is 0 Å². The topological polar surface area (TPSA) is 49.3 Å². The number of rotatable bonds is 5. The van der Waals surface area contributed by atoms with E-state index < -0.39 is 0 Å². The van der Waals surface area contributed by atoms with Crippen molar-refractivity contribution in [2.45, 2.75) is 45.4 Å². The normalized spacial score (nSPS) is 11.3. The Bertz CT molecular complexity index is 394. The minimum absolute atomic E-state index is 0.00890. The van der Waals surface area contributed by atoms with Crippen LogP contribution in [-0.4, -0.2) is 17.6 Å². The number of nitrogens with one attached hydrogen (secondary N) is 1. The van der Waals surface area contributed by atoms with Gasteiger partial charge in [0, 0.05) is 18.7 Å². The molecule has 0 radical (unpaired) electrons. The van der Waals surface area contributed by atoms with Gasteiger partial charge in [0.2, 0.25) is 5.91 Å². The van der Waals surface area contributed by atoms with Gasteiger partial charge in [-0.15, -0.1) is 0 Å². The number of anilines is 1. The quantitative estimate of drug-likeness (QED) is 0.788. The Labute approximate surface area is 109 Å². The molecule has 1 amide bonds. The highest BCUT2D eigenvalue weighted by atomic mass is 16.2. The van der Waals surface area contributed by atoms with Crippen LogP contribution in [-0.2, 0) is 10.2 Å². The number of carbonyl (C=O) groups excluding carboxylic acids is 1. The minimum Gasteiger partial charge on any atom is -0.396 e. The molecule has 18 heavy (non-hydrogen) atoms. The first-order valence-corrected chi connectivity index (χ1v) is 6.45. The number of unbranched alkanes of at least 4 members (excludes halogenated alkanes) is 1. The maximum absolute atomic E-state index is 11.8. The molecule has 0 saturated heterocycles. The second kappa shape index (κ2) is 6.55. The molecule has 0 fully saturated rings. The first-order chi connectivity index (χ1) is 8.45. The maximum Gasteiger partial charge on any atom is 0.224 e. The Morgan fingerprint density at radius 2 is 1.89 bits per heavy atom. The molecule has 0 heterocycles. The van der Waals surface area contributed by atoms with Gasteiger partial charge in [-0.05, 0) is 29.9 Å². The summed E-state index contributed by atoms with van der Waals surface area (Å²) in [5, 5.41) is 11.6. The van der Waals surface area contributed by atoms with Crippen LogP contribution in [0.15, 0.2) is 24.3 Å². The maximum atomic E-state index is 11.8. The van der Waals surface area contributed by atoms with Gasteiger partial charge in [-0.2, -0.15) is 0 Å². The van der Waals surface area contributed by atoms with Crippen LogP contribution in [0.25, 0.3) is 0 Å². The molecule has 0 aromatic heterocycles. The highest BCUT2D eigenvalue weighted by molar-refractivity contribution is 5.91. The molecule has 0 unspecified atom stereocenters. The lowest BCUT2D eigenvalue weighted by Gasteiger charge is -2.23. The third-order valence-corrected chi connectivity index (χ3v) is 2.82. The van der Waals surface area contributed by atoms with E-state index in [0.717, 1.165) is 17.7 Å². The number of aliphatic hydroxyl groups is 1. The average Bonchev–Trinajstić information content (AvgIpc) is 2.28. The van der Waals surface area contributed by atoms with Crippen LogP contribution in [0.1, 0.15) is 45.6 Å². The molecule has 1 rings (SSSR count). The number of benzene rings is 1. The summed E-state index contributed by atoms with van der Waals surface area (Å²) in [4.78, 5) is 11.8. The minimum atomic E-state index is 0.00890. The Kier molecular flexibility index (Phi) is 5.35. The fourth-order valence-corrected chi connectivity index (χ4v) is 1.86. The lowest BCUT2D eigenvalue weighted by atomic mass is 9.86. The average molecular weight is 249 g/mol. The van der Waals surface area contributed by atoms with E-state index in [1.165, 1.54) is 0 Å². The predicted octanol–water partition coefficient (Wildman–Crippen LogP) is 3.09. The number of amides is 1. The number of para-hydroxylation sites is 1. The zero-order chi connectivity index (χ0) is 13.6. The van der Waals surface area contributed by atoms with Crippen LogP contribution in [0.5, 0.6) is 0 Å². The Balaban J connectivity index is 2.70. The molecule has 1 aromatic rings. The zero-order valence-electron chi connectivity index (χ0n) is 11.5. The number of carbonyl (C=O) groups is 1. The van der Waals surface area contributed by atoms with Gasteiger partial charge in [0.25, 0.3) is 0 Å². The summed E-state index contributed by atoms with van der Waals surface area (Å²) >= 11 is 0. The largest absolute Gasteiger partial charge is 0.396 e. The van der Waals surface area contributed by atoms with E-state index in [4.69, 9.17) is 5.11 Å². The van der Waals surface area contributed by atoms with E-state index in [-0.39, 0.29) is 17.9 Å². The van der Waals surface area contributed by atoms with Gasteiger partial charge >= 0.3 is 0 Å². The van der Waals surface area contributed by atoms with Gasteiger partial charge in [0.15, 0.2) is 0 Å². The van der Waals surface area contributed by atoms with Crippen molar-refractivity contribution in [3.63, 3.8) is 0 Å². The van der Waals surface area contributed by atoms with Crippen molar-refractivity contribution < 1.29 is 9.90 Å². The molecule has 0 atom stereocenters. The highest BCUT2D eigenvalue weighted by Crippen LogP contribution is 2.29. The predicted molar refractivity (Wildman–Crippen MR) is 74.7 cm³/mol. The molecule has 1 aromatic carbocycles. The summed E-state index contributed by atoms with van der Waals surface area (Å²) in [6.45, 7) is 6.53. The molecule has 0 aliphatic rings. The van der Waals surface area contributed by atoms with Crippen molar-refractivity contribution in [2.24, 2.45) is 0 Å². The molecule has 0 aliphatic carbocycles. The van der Waals surface area contributed by atoms with Crippen molar-refractivity contribution >= 4 is 11.6 Å². The molecular weight excluding hydrogens is 226 g/mol. The summed E-state index contributed by atoms with van der Waals surface area (Å²) < 4.78 is 0. The van der Waals surface area contributed by atoms with Crippen LogP contribution in [0, 0.1) is 0 Å². The molecule has 2 N–H and O–H groups in total. The van der Waals surface area contributed by atoms with E-state index in [1.54, 1.807) is 0 Å². The van der Waals surface area contributed by atoms with E-state index >= 15 is 0 Å². The second-order valence-electron chi connectivity index (χ2n) is 5.52. The van der Waals surface area contributed by atoms with Gasteiger partial charge in [0.1, 0.15) is 0 Å². The monoisotopic (exact) mass is 249 g/mol. The molecule has 3 heteroatoms. The van der Waals surface area contributed by atoms with E-state index in [1.807, 2.05) is 24.3 Å². The molecule has 100 valence electrons. The Hall–Kier alpha value is -1.35. The van der Waals surface area contributed by atoms with Crippen LogP contribution < -0.4 is 5.32 Å². The third kappa shape index (κ3) is 4.49. The van der Waals surface area contributed by atoms with E-state index in [0.29, 0.717) is 12.8 Å². The summed E-state index contributed by atoms with van der Waals surface area (Å²) in [7, 11) is 0. The van der Waals surface area contributed by atoms with Crippen molar-refractivity contribution in [3.8, 4) is 0 Å². The Morgan fingerprint density at radius 3 is 2.50 bits per heavy atom. The van der Waals surface area contributed by atoms with Crippen molar-refractivity contribution in [1.82, 2.24) is 0 Å². The van der Waals surface area contributed by atoms with E-state index in [9.17, 15) is 4.79 Å². The summed E-state index contributed by atoms with van der Waals surface area (Å²) in [5.41, 5.74) is 2.04. The van der Waals surface area contributed by atoms with Gasteiger partial charge in [-0.3, -0.25) is 4.79 Å². The number of hydrogen-bond donors (Lipinski definition) is 2. The van der Waals surface area contributed by atoms with Gasteiger partial charge < -0.3 is 10.4 Å². The van der Waals surface area contributed by atoms with Crippen LogP contribution in [0.3, 0.4) is 0 Å². The Morgan fingerprint density at radius 1 is 1.22 bits per heavy atom. The molecule has 0 saturated carbocycles. The first-order valence-electron chi connectivity index (χ1n) is 6.45. The molecule has 3 nitrogen and oxygen atoms in total. The van der Waals surface area contributed by atoms with Crippen LogP contribution >= 0.6 is 0 Å². The van der Waals surface area contributed by atoms with Crippen molar-refractivity contribution in [2.75, 3.05) is 11.9 Å². The number of hydrogen-bond acceptors (Lipinski definition) is 2. The molecule has 0 bridgehead atoms. The second-order valence-corrected chi connectivity index (χ2v) is 5.52. The number of aliphatic hydroxyl groups excluding tert-OH is 1. The zero-order valence-corrected chi connectivity index (χ0v) is 11.5. The summed E-state index contributed by atoms with van der Waals surface area (Å²) in [5.74, 6) is 0.0140. The first kappa shape index (κ1) is 14.7. The van der Waals surface area contributed by atoms with Crippen molar-refractivity contribution in [3.05, 3.63) is 29.8 Å². The van der Waals surface area contributed by atoms with Gasteiger partial charge in [-0.1, -0.05) is 39.0 Å². The fraction of sp³-hybridized carbons (Fsp3) is 0.533. The van der Waals surface area contributed by atoms with Crippen LogP contribution in [0.2, 0.25) is 0 Å². The lowest BCUT2D eigenvalue weighted by Crippen LogP contribution is -2.18. The third-order valence-electron chi connectivity index (χ3n) is 2.82. The van der Waals surface area contributed by atoms with Gasteiger partial charge in [0.05, 0.1) is 0 Å². The molecule has 0 aliphatic heterocycles. The standard InChI is InChI=1S/C15H23NO2/c1-15(2,3)12-8-4-5-9-13(12)16-14(18)10-6-7-11-17/h4-5,8-9,17H,6-7,10-11H2,1-3H3,(H,16,18). The van der Waals surface area contributed by atoms with Gasteiger partial charge in [-0.25, -0.2) is 0 Å². The lowest BCUT2D eigenvalue weighted by molar-refractivity contribution is -0.116. The SMILES string of the molecule is CC(C)(C)c1ccccc1NC(=O)CCCCO. The molecular formula is C15H23NO2. The van der Waals surface area contributed by atoms with Crippen LogP contribution in [0.4, 0.5) is 5.69 Å². The summed E-state index contributed by atoms with van der Waals surface area (Å²) in [6.07, 6.45) is 1.85. The fourth-order valence-electron chi connectivity index (χ4n) is 1.86. The van der Waals surface area contributed by atoms with E-state index in [2.05, 4.69) is 26.1 Å². The smallest absolute Gasteiger partial charge is 0.224 e. The molecule has 0 spiro atoms.